The monoisotopic (exact) mass is 299 g/mol. The Hall–Kier alpha value is -1.80. The van der Waals surface area contributed by atoms with E-state index in [1.165, 1.54) is 17.7 Å². The summed E-state index contributed by atoms with van der Waals surface area (Å²) in [7, 11) is 0. The van der Waals surface area contributed by atoms with Gasteiger partial charge >= 0.3 is 0 Å². The number of hydrogen-bond acceptors (Lipinski definition) is 1. The van der Waals surface area contributed by atoms with Crippen LogP contribution in [-0.2, 0) is 0 Å². The minimum absolute atomic E-state index is 0.165. The fourth-order valence-electron chi connectivity index (χ4n) is 3.58. The van der Waals surface area contributed by atoms with Crippen LogP contribution in [0.3, 0.4) is 0 Å². The minimum atomic E-state index is -0.200. The molecule has 1 aliphatic carbocycles. The molecule has 3 unspecified atom stereocenters. The van der Waals surface area contributed by atoms with Gasteiger partial charge in [-0.1, -0.05) is 48.0 Å². The van der Waals surface area contributed by atoms with Crippen molar-refractivity contribution in [2.24, 2.45) is 5.92 Å². The highest BCUT2D eigenvalue weighted by molar-refractivity contribution is 6.33. The molecule has 0 bridgehead atoms. The smallest absolute Gasteiger partial charge is 0.123 e. The lowest BCUT2D eigenvalue weighted by molar-refractivity contribution is 0.425. The molecule has 0 saturated carbocycles. The minimum Gasteiger partial charge on any atom is -0.376 e. The Labute approximate surface area is 128 Å². The molecule has 0 saturated heterocycles. The molecule has 2 aromatic rings. The third-order valence-electron chi connectivity index (χ3n) is 4.58. The Morgan fingerprint density at radius 2 is 1.90 bits per heavy atom. The van der Waals surface area contributed by atoms with Crippen molar-refractivity contribution in [1.82, 2.24) is 0 Å². The standard InChI is InChI=1S/C18H15ClFN/c19-16-6-2-5-15-13-3-1-4-14(13)17(21-18(15)16)11-7-9-12(20)10-8-11/h1-3,5-10,13-14,17,21H,4H2. The number of rotatable bonds is 1. The summed E-state index contributed by atoms with van der Waals surface area (Å²) in [6.07, 6.45) is 5.55. The molecule has 0 radical (unpaired) electrons. The number of fused-ring (bicyclic) bond motifs is 3. The molecule has 106 valence electrons. The number of anilines is 1. The molecular weight excluding hydrogens is 285 g/mol. The van der Waals surface area contributed by atoms with E-state index in [-0.39, 0.29) is 11.9 Å². The lowest BCUT2D eigenvalue weighted by atomic mass is 9.77. The van der Waals surface area contributed by atoms with Gasteiger partial charge in [0.05, 0.1) is 16.8 Å². The SMILES string of the molecule is Fc1ccc(C2Nc3c(Cl)cccc3C3C=CCC32)cc1. The highest BCUT2D eigenvalue weighted by atomic mass is 35.5. The molecule has 3 heteroatoms. The lowest BCUT2D eigenvalue weighted by Crippen LogP contribution is -2.29. The summed E-state index contributed by atoms with van der Waals surface area (Å²) < 4.78 is 13.2. The first-order valence-electron chi connectivity index (χ1n) is 7.21. The summed E-state index contributed by atoms with van der Waals surface area (Å²) in [5.74, 6) is 0.644. The fraction of sp³-hybridized carbons (Fsp3) is 0.222. The van der Waals surface area contributed by atoms with E-state index in [4.69, 9.17) is 11.6 Å². The van der Waals surface area contributed by atoms with Crippen LogP contribution in [-0.4, -0.2) is 0 Å². The van der Waals surface area contributed by atoms with Crippen molar-refractivity contribution in [3.05, 3.63) is 76.6 Å². The number of hydrogen-bond donors (Lipinski definition) is 1. The molecule has 0 aromatic heterocycles. The largest absolute Gasteiger partial charge is 0.376 e. The predicted octanol–water partition coefficient (Wildman–Crippen LogP) is 5.31. The molecule has 4 rings (SSSR count). The normalized spacial score (nSPS) is 26.1. The highest BCUT2D eigenvalue weighted by Crippen LogP contribution is 2.51. The van der Waals surface area contributed by atoms with E-state index in [9.17, 15) is 4.39 Å². The van der Waals surface area contributed by atoms with Crippen LogP contribution in [0.4, 0.5) is 10.1 Å². The molecule has 1 nitrogen and oxygen atoms in total. The van der Waals surface area contributed by atoms with E-state index in [2.05, 4.69) is 23.5 Å². The van der Waals surface area contributed by atoms with Gasteiger partial charge in [-0.15, -0.1) is 0 Å². The zero-order chi connectivity index (χ0) is 14.4. The van der Waals surface area contributed by atoms with Gasteiger partial charge in [-0.2, -0.15) is 0 Å². The van der Waals surface area contributed by atoms with Gasteiger partial charge in [-0.25, -0.2) is 4.39 Å². The summed E-state index contributed by atoms with van der Waals surface area (Å²) in [6.45, 7) is 0. The third kappa shape index (κ3) is 2.06. The second kappa shape index (κ2) is 4.88. The Balaban J connectivity index is 1.81. The van der Waals surface area contributed by atoms with Crippen LogP contribution in [0, 0.1) is 11.7 Å². The molecule has 0 amide bonds. The van der Waals surface area contributed by atoms with Crippen molar-refractivity contribution >= 4 is 17.3 Å². The summed E-state index contributed by atoms with van der Waals surface area (Å²) in [6, 6.07) is 13.0. The summed E-state index contributed by atoms with van der Waals surface area (Å²) in [5.41, 5.74) is 3.39. The molecule has 1 N–H and O–H groups in total. The Bertz CT molecular complexity index is 708. The number of halogens is 2. The Morgan fingerprint density at radius 3 is 2.71 bits per heavy atom. The van der Waals surface area contributed by atoms with Crippen LogP contribution >= 0.6 is 11.6 Å². The van der Waals surface area contributed by atoms with Crippen molar-refractivity contribution in [3.63, 3.8) is 0 Å². The van der Waals surface area contributed by atoms with Crippen LogP contribution in [0.25, 0.3) is 0 Å². The second-order valence-corrected chi connectivity index (χ2v) is 6.14. The average Bonchev–Trinajstić information content (AvgIpc) is 2.98. The lowest BCUT2D eigenvalue weighted by Gasteiger charge is -2.38. The van der Waals surface area contributed by atoms with Crippen LogP contribution < -0.4 is 5.32 Å². The summed E-state index contributed by atoms with van der Waals surface area (Å²) in [4.78, 5) is 0. The Kier molecular flexibility index (Phi) is 3.00. The predicted molar refractivity (Wildman–Crippen MR) is 84.2 cm³/mol. The van der Waals surface area contributed by atoms with E-state index in [0.29, 0.717) is 11.8 Å². The highest BCUT2D eigenvalue weighted by Gasteiger charge is 2.38. The van der Waals surface area contributed by atoms with Gasteiger partial charge in [0, 0.05) is 5.92 Å². The van der Waals surface area contributed by atoms with Crippen molar-refractivity contribution < 1.29 is 4.39 Å². The molecule has 21 heavy (non-hydrogen) atoms. The van der Waals surface area contributed by atoms with Crippen LogP contribution in [0.2, 0.25) is 5.02 Å². The van der Waals surface area contributed by atoms with Crippen LogP contribution in [0.5, 0.6) is 0 Å². The number of allylic oxidation sites excluding steroid dienone is 2. The maximum atomic E-state index is 13.2. The molecule has 1 heterocycles. The summed E-state index contributed by atoms with van der Waals surface area (Å²) >= 11 is 6.36. The van der Waals surface area contributed by atoms with Crippen LogP contribution in [0.1, 0.15) is 29.5 Å². The maximum Gasteiger partial charge on any atom is 0.123 e. The first-order valence-corrected chi connectivity index (χ1v) is 7.59. The first-order chi connectivity index (χ1) is 10.2. The van der Waals surface area contributed by atoms with E-state index in [0.717, 1.165) is 22.7 Å². The quantitative estimate of drug-likeness (QED) is 0.704. The average molecular weight is 300 g/mol. The van der Waals surface area contributed by atoms with Gasteiger partial charge in [0.1, 0.15) is 5.82 Å². The van der Waals surface area contributed by atoms with Gasteiger partial charge in [-0.05, 0) is 41.7 Å². The zero-order valence-corrected chi connectivity index (χ0v) is 12.1. The second-order valence-electron chi connectivity index (χ2n) is 5.73. The van der Waals surface area contributed by atoms with Crippen molar-refractivity contribution in [1.29, 1.82) is 0 Å². The first kappa shape index (κ1) is 12.9. The van der Waals surface area contributed by atoms with Crippen molar-refractivity contribution in [3.8, 4) is 0 Å². The number of nitrogens with one attached hydrogen (secondary N) is 1. The molecule has 0 spiro atoms. The maximum absolute atomic E-state index is 13.2. The van der Waals surface area contributed by atoms with Gasteiger partial charge in [0.15, 0.2) is 0 Å². The molecule has 2 aromatic carbocycles. The third-order valence-corrected chi connectivity index (χ3v) is 4.89. The van der Waals surface area contributed by atoms with Crippen molar-refractivity contribution in [2.75, 3.05) is 5.32 Å². The van der Waals surface area contributed by atoms with Gasteiger partial charge < -0.3 is 5.32 Å². The number of para-hydroxylation sites is 1. The van der Waals surface area contributed by atoms with Crippen molar-refractivity contribution in [2.45, 2.75) is 18.4 Å². The van der Waals surface area contributed by atoms with Gasteiger partial charge in [0.25, 0.3) is 0 Å². The fourth-order valence-corrected chi connectivity index (χ4v) is 3.82. The number of benzene rings is 2. The van der Waals surface area contributed by atoms with E-state index in [1.54, 1.807) is 0 Å². The summed E-state index contributed by atoms with van der Waals surface area (Å²) in [5, 5.41) is 4.33. The van der Waals surface area contributed by atoms with Crippen LogP contribution in [0.15, 0.2) is 54.6 Å². The Morgan fingerprint density at radius 1 is 1.10 bits per heavy atom. The van der Waals surface area contributed by atoms with E-state index in [1.807, 2.05) is 24.3 Å². The van der Waals surface area contributed by atoms with Gasteiger partial charge in [0.2, 0.25) is 0 Å². The molecular formula is C18H15ClFN. The van der Waals surface area contributed by atoms with Gasteiger partial charge in [-0.3, -0.25) is 0 Å². The topological polar surface area (TPSA) is 12.0 Å². The zero-order valence-electron chi connectivity index (χ0n) is 11.4. The molecule has 3 atom stereocenters. The van der Waals surface area contributed by atoms with E-state index >= 15 is 0 Å². The van der Waals surface area contributed by atoms with E-state index < -0.39 is 0 Å². The molecule has 1 aliphatic heterocycles. The molecule has 2 aliphatic rings. The molecule has 0 fully saturated rings.